The summed E-state index contributed by atoms with van der Waals surface area (Å²) in [4.78, 5) is 14.4. The van der Waals surface area contributed by atoms with Gasteiger partial charge in [0, 0.05) is 19.5 Å². The number of hydrogen-bond donors (Lipinski definition) is 1. The maximum absolute atomic E-state index is 12.4. The van der Waals surface area contributed by atoms with Gasteiger partial charge in [0.1, 0.15) is 6.10 Å². The molecular formula is C16H28N2O3. The molecule has 2 unspecified atom stereocenters. The summed E-state index contributed by atoms with van der Waals surface area (Å²) in [7, 11) is 0. The van der Waals surface area contributed by atoms with Gasteiger partial charge < -0.3 is 19.7 Å². The third kappa shape index (κ3) is 3.58. The Morgan fingerprint density at radius 2 is 2.00 bits per heavy atom. The van der Waals surface area contributed by atoms with Gasteiger partial charge in [-0.15, -0.1) is 0 Å². The number of carbonyl (C=O) groups is 1. The molecule has 0 bridgehead atoms. The fourth-order valence-corrected chi connectivity index (χ4v) is 3.84. The lowest BCUT2D eigenvalue weighted by Gasteiger charge is -2.33. The summed E-state index contributed by atoms with van der Waals surface area (Å²) in [5.74, 6) is 0.154. The molecule has 3 rings (SSSR count). The Hall–Kier alpha value is -0.650. The standard InChI is InChI=1S/C16H28N2O3/c1-13(15(19)18-9-3-2-4-10-18)21-14-11-16(20-12-14)5-7-17-8-6-16/h13-14,17H,2-12H2,1H3. The summed E-state index contributed by atoms with van der Waals surface area (Å²) < 4.78 is 12.0. The van der Waals surface area contributed by atoms with Crippen LogP contribution < -0.4 is 5.32 Å². The lowest BCUT2D eigenvalue weighted by molar-refractivity contribution is -0.147. The number of hydrogen-bond acceptors (Lipinski definition) is 4. The van der Waals surface area contributed by atoms with Crippen molar-refractivity contribution < 1.29 is 14.3 Å². The molecule has 21 heavy (non-hydrogen) atoms. The average molecular weight is 296 g/mol. The first-order valence-corrected chi connectivity index (χ1v) is 8.47. The highest BCUT2D eigenvalue weighted by Crippen LogP contribution is 2.35. The van der Waals surface area contributed by atoms with E-state index < -0.39 is 0 Å². The van der Waals surface area contributed by atoms with Crippen LogP contribution in [0.25, 0.3) is 0 Å². The van der Waals surface area contributed by atoms with Gasteiger partial charge in [0.15, 0.2) is 0 Å². The van der Waals surface area contributed by atoms with E-state index in [2.05, 4.69) is 5.32 Å². The van der Waals surface area contributed by atoms with Crippen molar-refractivity contribution in [2.45, 2.75) is 63.3 Å². The van der Waals surface area contributed by atoms with E-state index in [1.165, 1.54) is 6.42 Å². The topological polar surface area (TPSA) is 50.8 Å². The Balaban J connectivity index is 1.48. The van der Waals surface area contributed by atoms with E-state index in [-0.39, 0.29) is 23.7 Å². The number of nitrogens with zero attached hydrogens (tertiary/aromatic N) is 1. The van der Waals surface area contributed by atoms with Crippen LogP contribution in [0.5, 0.6) is 0 Å². The zero-order chi connectivity index (χ0) is 14.7. The number of ether oxygens (including phenoxy) is 2. The van der Waals surface area contributed by atoms with E-state index in [0.29, 0.717) is 6.61 Å². The predicted molar refractivity (Wildman–Crippen MR) is 80.2 cm³/mol. The Bertz CT molecular complexity index is 363. The molecule has 0 aliphatic carbocycles. The van der Waals surface area contributed by atoms with Crippen molar-refractivity contribution in [3.63, 3.8) is 0 Å². The molecule has 3 aliphatic rings. The lowest BCUT2D eigenvalue weighted by Crippen LogP contribution is -2.44. The van der Waals surface area contributed by atoms with Crippen molar-refractivity contribution >= 4 is 5.91 Å². The molecule has 0 aromatic heterocycles. The summed E-state index contributed by atoms with van der Waals surface area (Å²) in [5.41, 5.74) is 0.00378. The molecule has 0 saturated carbocycles. The minimum absolute atomic E-state index is 0.00378. The molecule has 0 radical (unpaired) electrons. The molecule has 5 nitrogen and oxygen atoms in total. The Morgan fingerprint density at radius 3 is 2.71 bits per heavy atom. The molecule has 0 aromatic carbocycles. The van der Waals surface area contributed by atoms with Crippen LogP contribution in [-0.4, -0.2) is 61.4 Å². The first-order valence-electron chi connectivity index (χ1n) is 8.47. The van der Waals surface area contributed by atoms with Crippen molar-refractivity contribution in [1.82, 2.24) is 10.2 Å². The smallest absolute Gasteiger partial charge is 0.251 e. The third-order valence-electron chi connectivity index (χ3n) is 5.10. The van der Waals surface area contributed by atoms with E-state index in [0.717, 1.165) is 58.3 Å². The van der Waals surface area contributed by atoms with Crippen LogP contribution in [0.4, 0.5) is 0 Å². The second-order valence-electron chi connectivity index (χ2n) is 6.73. The summed E-state index contributed by atoms with van der Waals surface area (Å²) in [5, 5.41) is 3.37. The zero-order valence-electron chi connectivity index (χ0n) is 13.1. The summed E-state index contributed by atoms with van der Waals surface area (Å²) >= 11 is 0. The van der Waals surface area contributed by atoms with Crippen LogP contribution in [0.15, 0.2) is 0 Å². The Labute approximate surface area is 127 Å². The second kappa shape index (κ2) is 6.63. The maximum Gasteiger partial charge on any atom is 0.251 e. The van der Waals surface area contributed by atoms with Gasteiger partial charge >= 0.3 is 0 Å². The van der Waals surface area contributed by atoms with Gasteiger partial charge in [-0.05, 0) is 52.1 Å². The first-order chi connectivity index (χ1) is 10.2. The summed E-state index contributed by atoms with van der Waals surface area (Å²) in [6, 6.07) is 0. The molecule has 2 atom stereocenters. The quantitative estimate of drug-likeness (QED) is 0.853. The minimum Gasteiger partial charge on any atom is -0.372 e. The molecule has 1 spiro atoms. The van der Waals surface area contributed by atoms with Crippen LogP contribution in [0.1, 0.15) is 45.4 Å². The van der Waals surface area contributed by atoms with Gasteiger partial charge in [-0.3, -0.25) is 4.79 Å². The van der Waals surface area contributed by atoms with Crippen molar-refractivity contribution in [3.05, 3.63) is 0 Å². The second-order valence-corrected chi connectivity index (χ2v) is 6.73. The van der Waals surface area contributed by atoms with Gasteiger partial charge in [-0.1, -0.05) is 0 Å². The largest absolute Gasteiger partial charge is 0.372 e. The van der Waals surface area contributed by atoms with E-state index in [1.54, 1.807) is 0 Å². The monoisotopic (exact) mass is 296 g/mol. The Kier molecular flexibility index (Phi) is 4.82. The molecular weight excluding hydrogens is 268 g/mol. The van der Waals surface area contributed by atoms with E-state index in [9.17, 15) is 4.79 Å². The molecule has 1 N–H and O–H groups in total. The highest BCUT2D eigenvalue weighted by molar-refractivity contribution is 5.80. The van der Waals surface area contributed by atoms with Crippen LogP contribution >= 0.6 is 0 Å². The van der Waals surface area contributed by atoms with Crippen molar-refractivity contribution in [1.29, 1.82) is 0 Å². The molecule has 0 aromatic rings. The van der Waals surface area contributed by atoms with E-state index in [1.807, 2.05) is 11.8 Å². The van der Waals surface area contributed by atoms with Gasteiger partial charge in [-0.25, -0.2) is 0 Å². The number of piperidine rings is 2. The molecule has 3 fully saturated rings. The number of rotatable bonds is 3. The van der Waals surface area contributed by atoms with E-state index in [4.69, 9.17) is 9.47 Å². The molecule has 3 aliphatic heterocycles. The fraction of sp³-hybridized carbons (Fsp3) is 0.938. The molecule has 3 heterocycles. The number of carbonyl (C=O) groups excluding carboxylic acids is 1. The normalized spacial score (nSPS) is 30.5. The first kappa shape index (κ1) is 15.3. The lowest BCUT2D eigenvalue weighted by atomic mass is 9.89. The average Bonchev–Trinajstić information content (AvgIpc) is 2.90. The summed E-state index contributed by atoms with van der Waals surface area (Å²) in [6.45, 7) is 6.36. The highest BCUT2D eigenvalue weighted by atomic mass is 16.6. The van der Waals surface area contributed by atoms with Crippen LogP contribution in [-0.2, 0) is 14.3 Å². The molecule has 3 saturated heterocycles. The van der Waals surface area contributed by atoms with Crippen molar-refractivity contribution in [3.8, 4) is 0 Å². The van der Waals surface area contributed by atoms with Crippen LogP contribution in [0.3, 0.4) is 0 Å². The number of likely N-dealkylation sites (tertiary alicyclic amines) is 1. The molecule has 5 heteroatoms. The highest BCUT2D eigenvalue weighted by Gasteiger charge is 2.42. The van der Waals surface area contributed by atoms with Gasteiger partial charge in [0.05, 0.1) is 18.3 Å². The SMILES string of the molecule is CC(OC1COC2(CCNCC2)C1)C(=O)N1CCCCC1. The Morgan fingerprint density at radius 1 is 1.29 bits per heavy atom. The van der Waals surface area contributed by atoms with Crippen LogP contribution in [0, 0.1) is 0 Å². The van der Waals surface area contributed by atoms with Crippen molar-refractivity contribution in [2.24, 2.45) is 0 Å². The van der Waals surface area contributed by atoms with Crippen molar-refractivity contribution in [2.75, 3.05) is 32.8 Å². The zero-order valence-corrected chi connectivity index (χ0v) is 13.1. The van der Waals surface area contributed by atoms with Gasteiger partial charge in [0.2, 0.25) is 0 Å². The molecule has 1 amide bonds. The minimum atomic E-state index is -0.339. The third-order valence-corrected chi connectivity index (χ3v) is 5.10. The van der Waals surface area contributed by atoms with Gasteiger partial charge in [0.25, 0.3) is 5.91 Å². The molecule has 120 valence electrons. The number of nitrogens with one attached hydrogen (secondary N) is 1. The van der Waals surface area contributed by atoms with Crippen LogP contribution in [0.2, 0.25) is 0 Å². The van der Waals surface area contributed by atoms with Gasteiger partial charge in [-0.2, -0.15) is 0 Å². The number of amides is 1. The predicted octanol–water partition coefficient (Wildman–Crippen LogP) is 1.32. The fourth-order valence-electron chi connectivity index (χ4n) is 3.84. The van der Waals surface area contributed by atoms with E-state index >= 15 is 0 Å². The summed E-state index contributed by atoms with van der Waals surface area (Å²) in [6.07, 6.45) is 6.28. The maximum atomic E-state index is 12.4.